The fraction of sp³-hybridized carbons (Fsp3) is 0.938. The monoisotopic (exact) mass is 296 g/mol. The van der Waals surface area contributed by atoms with Crippen LogP contribution in [0.2, 0.25) is 0 Å². The summed E-state index contributed by atoms with van der Waals surface area (Å²) < 4.78 is 5.51. The standard InChI is InChI=1S/C16H32N4O/c1-2-3-9-18-15(17)19-14-16(7-5-4-6-8-16)20-10-12-21-13-11-20/h2-14H2,1H3,(H3,17,18,19). The van der Waals surface area contributed by atoms with Crippen molar-refractivity contribution < 1.29 is 4.74 Å². The number of nitrogens with one attached hydrogen (secondary N) is 1. The van der Waals surface area contributed by atoms with Crippen LogP contribution >= 0.6 is 0 Å². The Morgan fingerprint density at radius 1 is 1.24 bits per heavy atom. The number of morpholine rings is 1. The van der Waals surface area contributed by atoms with Gasteiger partial charge in [-0.1, -0.05) is 32.6 Å². The minimum Gasteiger partial charge on any atom is -0.379 e. The summed E-state index contributed by atoms with van der Waals surface area (Å²) in [5, 5.41) is 3.23. The molecule has 5 heteroatoms. The Hall–Kier alpha value is -0.810. The number of ether oxygens (including phenoxy) is 1. The van der Waals surface area contributed by atoms with E-state index in [-0.39, 0.29) is 5.54 Å². The van der Waals surface area contributed by atoms with Crippen LogP contribution in [0.3, 0.4) is 0 Å². The van der Waals surface area contributed by atoms with Gasteiger partial charge in [-0.15, -0.1) is 0 Å². The van der Waals surface area contributed by atoms with Gasteiger partial charge in [-0.3, -0.25) is 9.89 Å². The minimum atomic E-state index is 0.221. The van der Waals surface area contributed by atoms with E-state index in [0.29, 0.717) is 5.96 Å². The fourth-order valence-electron chi connectivity index (χ4n) is 3.50. The second kappa shape index (κ2) is 8.59. The maximum atomic E-state index is 6.02. The highest BCUT2D eigenvalue weighted by molar-refractivity contribution is 5.77. The van der Waals surface area contributed by atoms with E-state index in [0.717, 1.165) is 45.8 Å². The van der Waals surface area contributed by atoms with Crippen molar-refractivity contribution in [2.24, 2.45) is 10.7 Å². The van der Waals surface area contributed by atoms with Gasteiger partial charge in [0.1, 0.15) is 0 Å². The molecule has 1 saturated heterocycles. The van der Waals surface area contributed by atoms with Gasteiger partial charge in [-0.2, -0.15) is 0 Å². The molecule has 2 rings (SSSR count). The van der Waals surface area contributed by atoms with E-state index in [9.17, 15) is 0 Å². The van der Waals surface area contributed by atoms with E-state index < -0.39 is 0 Å². The summed E-state index contributed by atoms with van der Waals surface area (Å²) in [6.07, 6.45) is 8.81. The van der Waals surface area contributed by atoms with E-state index in [1.165, 1.54) is 38.5 Å². The zero-order valence-electron chi connectivity index (χ0n) is 13.6. The molecule has 0 aromatic carbocycles. The third kappa shape index (κ3) is 4.85. The molecule has 0 aromatic heterocycles. The van der Waals surface area contributed by atoms with Crippen LogP contribution in [0.15, 0.2) is 4.99 Å². The average Bonchev–Trinajstić information content (AvgIpc) is 2.55. The maximum absolute atomic E-state index is 6.02. The molecule has 1 saturated carbocycles. The maximum Gasteiger partial charge on any atom is 0.188 e. The normalized spacial score (nSPS) is 24.0. The molecule has 1 aliphatic carbocycles. The molecule has 0 unspecified atom stereocenters. The van der Waals surface area contributed by atoms with E-state index >= 15 is 0 Å². The molecular weight excluding hydrogens is 264 g/mol. The summed E-state index contributed by atoms with van der Waals surface area (Å²) in [6, 6.07) is 0. The van der Waals surface area contributed by atoms with Crippen molar-refractivity contribution in [3.05, 3.63) is 0 Å². The third-order valence-corrected chi connectivity index (χ3v) is 4.85. The first-order chi connectivity index (χ1) is 10.3. The van der Waals surface area contributed by atoms with Crippen LogP contribution in [-0.2, 0) is 4.74 Å². The van der Waals surface area contributed by atoms with Crippen LogP contribution in [0, 0.1) is 0 Å². The molecule has 1 heterocycles. The van der Waals surface area contributed by atoms with E-state index in [1.54, 1.807) is 0 Å². The number of nitrogens with zero attached hydrogens (tertiary/aromatic N) is 2. The highest BCUT2D eigenvalue weighted by Crippen LogP contribution is 2.34. The van der Waals surface area contributed by atoms with Gasteiger partial charge in [-0.05, 0) is 19.3 Å². The molecule has 0 atom stereocenters. The van der Waals surface area contributed by atoms with Crippen LogP contribution in [0.1, 0.15) is 51.9 Å². The SMILES string of the molecule is CCCCNC(N)=NCC1(N2CCOCC2)CCCCC1. The smallest absolute Gasteiger partial charge is 0.188 e. The molecule has 0 bridgehead atoms. The highest BCUT2D eigenvalue weighted by atomic mass is 16.5. The molecule has 21 heavy (non-hydrogen) atoms. The molecular formula is C16H32N4O. The summed E-state index contributed by atoms with van der Waals surface area (Å²) in [4.78, 5) is 7.28. The predicted octanol–water partition coefficient (Wildman–Crippen LogP) is 1.73. The lowest BCUT2D eigenvalue weighted by atomic mass is 9.80. The molecule has 0 aromatic rings. The van der Waals surface area contributed by atoms with Crippen molar-refractivity contribution in [1.29, 1.82) is 0 Å². The Labute approximate surface area is 129 Å². The number of nitrogens with two attached hydrogens (primary N) is 1. The van der Waals surface area contributed by atoms with Crippen molar-refractivity contribution >= 4 is 5.96 Å². The van der Waals surface area contributed by atoms with Crippen LogP contribution in [-0.4, -0.2) is 55.8 Å². The number of hydrogen-bond donors (Lipinski definition) is 2. The highest BCUT2D eigenvalue weighted by Gasteiger charge is 2.38. The van der Waals surface area contributed by atoms with E-state index in [2.05, 4.69) is 22.1 Å². The summed E-state index contributed by atoms with van der Waals surface area (Å²) in [6.45, 7) is 7.74. The lowest BCUT2D eigenvalue weighted by molar-refractivity contribution is -0.0333. The van der Waals surface area contributed by atoms with Gasteiger partial charge in [0.05, 0.1) is 19.8 Å². The Morgan fingerprint density at radius 2 is 1.95 bits per heavy atom. The molecule has 0 spiro atoms. The molecule has 0 radical (unpaired) electrons. The number of rotatable bonds is 6. The minimum absolute atomic E-state index is 0.221. The molecule has 2 fully saturated rings. The largest absolute Gasteiger partial charge is 0.379 e. The quantitative estimate of drug-likeness (QED) is 0.445. The van der Waals surface area contributed by atoms with Gasteiger partial charge in [0.2, 0.25) is 0 Å². The molecule has 3 N–H and O–H groups in total. The summed E-state index contributed by atoms with van der Waals surface area (Å²) >= 11 is 0. The third-order valence-electron chi connectivity index (χ3n) is 4.85. The molecule has 122 valence electrons. The Morgan fingerprint density at radius 3 is 2.62 bits per heavy atom. The second-order valence-electron chi connectivity index (χ2n) is 6.37. The van der Waals surface area contributed by atoms with Gasteiger partial charge >= 0.3 is 0 Å². The Balaban J connectivity index is 1.93. The van der Waals surface area contributed by atoms with Gasteiger partial charge < -0.3 is 15.8 Å². The fourth-order valence-corrected chi connectivity index (χ4v) is 3.50. The number of unbranched alkanes of at least 4 members (excludes halogenated alkanes) is 1. The first-order valence-corrected chi connectivity index (χ1v) is 8.63. The Kier molecular flexibility index (Phi) is 6.77. The van der Waals surface area contributed by atoms with Gasteiger partial charge in [0.15, 0.2) is 5.96 Å². The van der Waals surface area contributed by atoms with Crippen LogP contribution in [0.4, 0.5) is 0 Å². The molecule has 5 nitrogen and oxygen atoms in total. The molecule has 2 aliphatic rings. The summed E-state index contributed by atoms with van der Waals surface area (Å²) in [5.41, 5.74) is 6.24. The lowest BCUT2D eigenvalue weighted by Crippen LogP contribution is -2.56. The van der Waals surface area contributed by atoms with Crippen LogP contribution < -0.4 is 11.1 Å². The average molecular weight is 296 g/mol. The van der Waals surface area contributed by atoms with Crippen molar-refractivity contribution in [1.82, 2.24) is 10.2 Å². The number of guanidine groups is 1. The number of hydrogen-bond acceptors (Lipinski definition) is 3. The second-order valence-corrected chi connectivity index (χ2v) is 6.37. The summed E-state index contributed by atoms with van der Waals surface area (Å²) in [5.74, 6) is 0.613. The van der Waals surface area contributed by atoms with Crippen molar-refractivity contribution in [3.8, 4) is 0 Å². The predicted molar refractivity (Wildman–Crippen MR) is 87.6 cm³/mol. The van der Waals surface area contributed by atoms with Gasteiger partial charge in [0, 0.05) is 25.2 Å². The molecule has 1 aliphatic heterocycles. The first-order valence-electron chi connectivity index (χ1n) is 8.63. The topological polar surface area (TPSA) is 62.9 Å². The Bertz CT molecular complexity index is 320. The van der Waals surface area contributed by atoms with Crippen molar-refractivity contribution in [3.63, 3.8) is 0 Å². The van der Waals surface area contributed by atoms with E-state index in [1.807, 2.05) is 0 Å². The zero-order chi connectivity index (χ0) is 15.0. The zero-order valence-corrected chi connectivity index (χ0v) is 13.6. The summed E-state index contributed by atoms with van der Waals surface area (Å²) in [7, 11) is 0. The van der Waals surface area contributed by atoms with Crippen LogP contribution in [0.25, 0.3) is 0 Å². The van der Waals surface area contributed by atoms with E-state index in [4.69, 9.17) is 10.5 Å². The van der Waals surface area contributed by atoms with Gasteiger partial charge in [0.25, 0.3) is 0 Å². The molecule has 0 amide bonds. The first kappa shape index (κ1) is 16.6. The van der Waals surface area contributed by atoms with Crippen LogP contribution in [0.5, 0.6) is 0 Å². The number of aliphatic imine (C=N–C) groups is 1. The van der Waals surface area contributed by atoms with Crippen molar-refractivity contribution in [2.75, 3.05) is 39.4 Å². The lowest BCUT2D eigenvalue weighted by Gasteiger charge is -2.47. The van der Waals surface area contributed by atoms with Crippen molar-refractivity contribution in [2.45, 2.75) is 57.4 Å². The van der Waals surface area contributed by atoms with Gasteiger partial charge in [-0.25, -0.2) is 0 Å².